The third-order valence-electron chi connectivity index (χ3n) is 4.11. The number of nitrogens with two attached hydrogens (primary N) is 1. The van der Waals surface area contributed by atoms with Gasteiger partial charge in [0.05, 0.1) is 13.0 Å². The number of rotatable bonds is 4. The molecule has 1 saturated carbocycles. The summed E-state index contributed by atoms with van der Waals surface area (Å²) in [6.45, 7) is 2.60. The zero-order chi connectivity index (χ0) is 14.7. The van der Waals surface area contributed by atoms with Gasteiger partial charge in [-0.2, -0.15) is 0 Å². The van der Waals surface area contributed by atoms with Crippen molar-refractivity contribution in [1.29, 1.82) is 0 Å². The van der Waals surface area contributed by atoms with Crippen molar-refractivity contribution in [2.24, 2.45) is 11.7 Å². The summed E-state index contributed by atoms with van der Waals surface area (Å²) in [6.07, 6.45) is 2.92. The number of aryl methyl sites for hydroxylation is 1. The average molecular weight is 276 g/mol. The number of ether oxygens (including phenoxy) is 1. The fraction of sp³-hybridized carbons (Fsp3) is 0.562. The molecule has 2 rings (SSSR count). The average Bonchev–Trinajstić information content (AvgIpc) is 2.84. The molecule has 0 radical (unpaired) electrons. The van der Waals surface area contributed by atoms with Gasteiger partial charge in [-0.3, -0.25) is 4.79 Å². The Morgan fingerprint density at radius 2 is 2.20 bits per heavy atom. The molecule has 1 fully saturated rings. The van der Waals surface area contributed by atoms with Crippen LogP contribution in [0, 0.1) is 12.8 Å². The first-order valence-corrected chi connectivity index (χ1v) is 7.17. The van der Waals surface area contributed by atoms with Crippen molar-refractivity contribution in [2.45, 2.75) is 38.8 Å². The molecule has 0 heterocycles. The number of nitrogens with zero attached hydrogens (tertiary/aromatic N) is 1. The predicted octanol–water partition coefficient (Wildman–Crippen LogP) is 2.09. The summed E-state index contributed by atoms with van der Waals surface area (Å²) >= 11 is 0. The lowest BCUT2D eigenvalue weighted by Crippen LogP contribution is -2.39. The van der Waals surface area contributed by atoms with Crippen molar-refractivity contribution < 1.29 is 9.53 Å². The second-order valence-corrected chi connectivity index (χ2v) is 5.71. The second-order valence-electron chi connectivity index (χ2n) is 5.71. The Morgan fingerprint density at radius 1 is 1.45 bits per heavy atom. The van der Waals surface area contributed by atoms with Gasteiger partial charge in [-0.15, -0.1) is 0 Å². The molecule has 1 aromatic carbocycles. The quantitative estimate of drug-likeness (QED) is 0.916. The molecule has 0 aliphatic heterocycles. The van der Waals surface area contributed by atoms with Crippen molar-refractivity contribution in [3.05, 3.63) is 29.3 Å². The minimum atomic E-state index is -0.0178. The van der Waals surface area contributed by atoms with Gasteiger partial charge in [0.1, 0.15) is 5.75 Å². The van der Waals surface area contributed by atoms with Crippen LogP contribution >= 0.6 is 0 Å². The number of carbonyl (C=O) groups excluding carboxylic acids is 1. The number of hydrogen-bond donors (Lipinski definition) is 1. The summed E-state index contributed by atoms with van der Waals surface area (Å²) in [5, 5.41) is 0. The Bertz CT molecular complexity index is 487. The molecule has 4 nitrogen and oxygen atoms in total. The number of hydrogen-bond acceptors (Lipinski definition) is 3. The number of benzene rings is 1. The first-order chi connectivity index (χ1) is 9.52. The van der Waals surface area contributed by atoms with Crippen LogP contribution in [0.4, 0.5) is 0 Å². The molecular weight excluding hydrogens is 252 g/mol. The number of amides is 1. The molecule has 1 aliphatic carbocycles. The lowest BCUT2D eigenvalue weighted by atomic mass is 10.0. The van der Waals surface area contributed by atoms with Gasteiger partial charge in [0.2, 0.25) is 5.91 Å². The lowest BCUT2D eigenvalue weighted by Gasteiger charge is -2.24. The normalized spacial score (nSPS) is 21.8. The zero-order valence-corrected chi connectivity index (χ0v) is 12.6. The summed E-state index contributed by atoms with van der Waals surface area (Å²) in [6, 6.07) is 6.04. The van der Waals surface area contributed by atoms with Crippen molar-refractivity contribution in [3.63, 3.8) is 0 Å². The zero-order valence-electron chi connectivity index (χ0n) is 12.6. The first kappa shape index (κ1) is 14.9. The molecule has 2 N–H and O–H groups in total. The highest BCUT2D eigenvalue weighted by molar-refractivity contribution is 5.79. The van der Waals surface area contributed by atoms with Crippen LogP contribution in [0.2, 0.25) is 0 Å². The van der Waals surface area contributed by atoms with Crippen LogP contribution in [0.5, 0.6) is 5.75 Å². The molecule has 2 unspecified atom stereocenters. The standard InChI is InChI=1S/C16H24N2O2/c1-11-7-8-15(20-3)12(9-11)10-18(2)16(19)13-5-4-6-14(13)17/h7-9,13-14H,4-6,10,17H2,1-3H3. The summed E-state index contributed by atoms with van der Waals surface area (Å²) in [7, 11) is 3.50. The number of carbonyl (C=O) groups is 1. The van der Waals surface area contributed by atoms with Gasteiger partial charge in [0.25, 0.3) is 0 Å². The van der Waals surface area contributed by atoms with E-state index in [0.717, 1.165) is 30.6 Å². The molecule has 0 bridgehead atoms. The van der Waals surface area contributed by atoms with E-state index in [2.05, 4.69) is 6.07 Å². The monoisotopic (exact) mass is 276 g/mol. The maximum absolute atomic E-state index is 12.4. The van der Waals surface area contributed by atoms with E-state index in [-0.39, 0.29) is 17.9 Å². The van der Waals surface area contributed by atoms with E-state index < -0.39 is 0 Å². The number of methoxy groups -OCH3 is 1. The largest absolute Gasteiger partial charge is 0.496 e. The lowest BCUT2D eigenvalue weighted by molar-refractivity contribution is -0.134. The smallest absolute Gasteiger partial charge is 0.227 e. The van der Waals surface area contributed by atoms with Crippen molar-refractivity contribution in [2.75, 3.05) is 14.2 Å². The second kappa shape index (κ2) is 6.27. The van der Waals surface area contributed by atoms with Crippen LogP contribution in [-0.4, -0.2) is 31.0 Å². The Kier molecular flexibility index (Phi) is 4.65. The molecule has 0 spiro atoms. The third kappa shape index (κ3) is 3.12. The van der Waals surface area contributed by atoms with Crippen molar-refractivity contribution in [3.8, 4) is 5.75 Å². The van der Waals surface area contributed by atoms with Gasteiger partial charge < -0.3 is 15.4 Å². The molecule has 110 valence electrons. The summed E-state index contributed by atoms with van der Waals surface area (Å²) < 4.78 is 5.36. The Hall–Kier alpha value is -1.55. The van der Waals surface area contributed by atoms with Gasteiger partial charge >= 0.3 is 0 Å². The third-order valence-corrected chi connectivity index (χ3v) is 4.11. The first-order valence-electron chi connectivity index (χ1n) is 7.17. The molecule has 1 aliphatic rings. The van der Waals surface area contributed by atoms with Crippen LogP contribution in [0.15, 0.2) is 18.2 Å². The van der Waals surface area contributed by atoms with Gasteiger partial charge in [-0.1, -0.05) is 24.1 Å². The molecule has 4 heteroatoms. The minimum Gasteiger partial charge on any atom is -0.496 e. The molecule has 20 heavy (non-hydrogen) atoms. The maximum Gasteiger partial charge on any atom is 0.227 e. The van der Waals surface area contributed by atoms with Crippen LogP contribution < -0.4 is 10.5 Å². The minimum absolute atomic E-state index is 0.0178. The van der Waals surface area contributed by atoms with Crippen LogP contribution in [0.25, 0.3) is 0 Å². The maximum atomic E-state index is 12.4. The van der Waals surface area contributed by atoms with Crippen LogP contribution in [-0.2, 0) is 11.3 Å². The van der Waals surface area contributed by atoms with Crippen LogP contribution in [0.1, 0.15) is 30.4 Å². The van der Waals surface area contributed by atoms with Gasteiger partial charge in [-0.25, -0.2) is 0 Å². The fourth-order valence-electron chi connectivity index (χ4n) is 2.94. The van der Waals surface area contributed by atoms with E-state index in [9.17, 15) is 4.79 Å². The topological polar surface area (TPSA) is 55.6 Å². The highest BCUT2D eigenvalue weighted by Gasteiger charge is 2.32. The Labute approximate surface area is 120 Å². The fourth-order valence-corrected chi connectivity index (χ4v) is 2.94. The van der Waals surface area contributed by atoms with Gasteiger partial charge in [0.15, 0.2) is 0 Å². The Morgan fingerprint density at radius 3 is 2.80 bits per heavy atom. The SMILES string of the molecule is COc1ccc(C)cc1CN(C)C(=O)C1CCCC1N. The van der Waals surface area contributed by atoms with E-state index in [1.165, 1.54) is 5.56 Å². The van der Waals surface area contributed by atoms with Crippen LogP contribution in [0.3, 0.4) is 0 Å². The van der Waals surface area contributed by atoms with Gasteiger partial charge in [-0.05, 0) is 25.8 Å². The molecule has 1 aromatic rings. The van der Waals surface area contributed by atoms with E-state index in [1.54, 1.807) is 12.0 Å². The van der Waals surface area contributed by atoms with E-state index in [4.69, 9.17) is 10.5 Å². The van der Waals surface area contributed by atoms with E-state index >= 15 is 0 Å². The molecule has 1 amide bonds. The molecule has 2 atom stereocenters. The summed E-state index contributed by atoms with van der Waals surface area (Å²) in [5.74, 6) is 0.959. The van der Waals surface area contributed by atoms with E-state index in [1.807, 2.05) is 26.1 Å². The summed E-state index contributed by atoms with van der Waals surface area (Å²) in [4.78, 5) is 14.2. The summed E-state index contributed by atoms with van der Waals surface area (Å²) in [5.41, 5.74) is 8.22. The predicted molar refractivity (Wildman–Crippen MR) is 79.5 cm³/mol. The molecule has 0 saturated heterocycles. The molecular formula is C16H24N2O2. The van der Waals surface area contributed by atoms with Crippen molar-refractivity contribution >= 4 is 5.91 Å². The van der Waals surface area contributed by atoms with E-state index in [0.29, 0.717) is 6.54 Å². The van der Waals surface area contributed by atoms with Crippen molar-refractivity contribution in [1.82, 2.24) is 4.90 Å². The Balaban J connectivity index is 2.09. The van der Waals surface area contributed by atoms with Gasteiger partial charge in [0, 0.05) is 25.2 Å². The molecule has 0 aromatic heterocycles. The highest BCUT2D eigenvalue weighted by Crippen LogP contribution is 2.27. The highest BCUT2D eigenvalue weighted by atomic mass is 16.5.